The van der Waals surface area contributed by atoms with Crippen LogP contribution in [0, 0.1) is 17.8 Å². The van der Waals surface area contributed by atoms with Crippen molar-refractivity contribution in [1.82, 2.24) is 0 Å². The maximum Gasteiger partial charge on any atom is 0.309 e. The Morgan fingerprint density at radius 1 is 1.00 bits per heavy atom. The summed E-state index contributed by atoms with van der Waals surface area (Å²) in [5.41, 5.74) is 0. The highest BCUT2D eigenvalue weighted by atomic mass is 16.5. The molecule has 2 unspecified atom stereocenters. The summed E-state index contributed by atoms with van der Waals surface area (Å²) in [4.78, 5) is 12.1. The van der Waals surface area contributed by atoms with E-state index in [1.54, 1.807) is 0 Å². The monoisotopic (exact) mass is 280 g/mol. The maximum absolute atomic E-state index is 12.1. The van der Waals surface area contributed by atoms with Crippen molar-refractivity contribution in [2.45, 2.75) is 90.6 Å². The van der Waals surface area contributed by atoms with E-state index in [0.717, 1.165) is 25.2 Å². The molecule has 2 heteroatoms. The molecular weight excluding hydrogens is 248 g/mol. The van der Waals surface area contributed by atoms with E-state index in [2.05, 4.69) is 13.8 Å². The van der Waals surface area contributed by atoms with Gasteiger partial charge in [-0.1, -0.05) is 52.4 Å². The normalized spacial score (nSPS) is 34.8. The second-order valence-electron chi connectivity index (χ2n) is 6.93. The fraction of sp³-hybridized carbons (Fsp3) is 0.944. The van der Waals surface area contributed by atoms with Gasteiger partial charge in [-0.25, -0.2) is 0 Å². The van der Waals surface area contributed by atoms with E-state index in [-0.39, 0.29) is 18.0 Å². The van der Waals surface area contributed by atoms with Crippen LogP contribution >= 0.6 is 0 Å². The van der Waals surface area contributed by atoms with Gasteiger partial charge >= 0.3 is 5.97 Å². The largest absolute Gasteiger partial charge is 0.462 e. The van der Waals surface area contributed by atoms with Crippen LogP contribution in [0.1, 0.15) is 84.5 Å². The highest BCUT2D eigenvalue weighted by molar-refractivity contribution is 5.73. The molecule has 2 fully saturated rings. The molecule has 2 nitrogen and oxygen atoms in total. The quantitative estimate of drug-likeness (QED) is 0.499. The number of esters is 1. The first-order valence-electron chi connectivity index (χ1n) is 8.95. The molecular formula is C18H32O2. The topological polar surface area (TPSA) is 26.3 Å². The molecule has 0 aromatic carbocycles. The zero-order valence-electron chi connectivity index (χ0n) is 13.4. The Hall–Kier alpha value is -0.530. The van der Waals surface area contributed by atoms with Gasteiger partial charge in [-0.15, -0.1) is 0 Å². The molecule has 0 amide bonds. The second kappa shape index (κ2) is 8.05. The van der Waals surface area contributed by atoms with Crippen LogP contribution < -0.4 is 0 Å². The highest BCUT2D eigenvalue weighted by Crippen LogP contribution is 2.39. The number of hydrogen-bond acceptors (Lipinski definition) is 2. The molecule has 116 valence electrons. The van der Waals surface area contributed by atoms with Crippen molar-refractivity contribution >= 4 is 5.97 Å². The number of carbonyl (C=O) groups is 1. The van der Waals surface area contributed by atoms with E-state index in [1.165, 1.54) is 51.4 Å². The molecule has 2 aliphatic rings. The third kappa shape index (κ3) is 4.23. The number of carbonyl (C=O) groups excluding carboxylic acids is 1. The highest BCUT2D eigenvalue weighted by Gasteiger charge is 2.36. The molecule has 1 saturated heterocycles. The van der Waals surface area contributed by atoms with Gasteiger partial charge in [-0.05, 0) is 43.9 Å². The van der Waals surface area contributed by atoms with Gasteiger partial charge in [-0.3, -0.25) is 4.79 Å². The van der Waals surface area contributed by atoms with Gasteiger partial charge in [0.1, 0.15) is 6.10 Å². The lowest BCUT2D eigenvalue weighted by atomic mass is 9.72. The number of cyclic esters (lactones) is 1. The van der Waals surface area contributed by atoms with Crippen LogP contribution in [0.15, 0.2) is 0 Å². The fourth-order valence-corrected chi connectivity index (χ4v) is 4.07. The van der Waals surface area contributed by atoms with Gasteiger partial charge in [0, 0.05) is 0 Å². The van der Waals surface area contributed by atoms with Gasteiger partial charge in [0.05, 0.1) is 5.92 Å². The molecule has 2 atom stereocenters. The Balaban J connectivity index is 1.72. The molecule has 1 aliphatic heterocycles. The van der Waals surface area contributed by atoms with Crippen LogP contribution in [0.4, 0.5) is 0 Å². The van der Waals surface area contributed by atoms with E-state index < -0.39 is 0 Å². The zero-order chi connectivity index (χ0) is 14.4. The Labute approximate surface area is 124 Å². The number of hydrogen-bond donors (Lipinski definition) is 0. The minimum absolute atomic E-state index is 0.109. The van der Waals surface area contributed by atoms with Crippen molar-refractivity contribution in [2.75, 3.05) is 0 Å². The first-order chi connectivity index (χ1) is 9.74. The minimum Gasteiger partial charge on any atom is -0.462 e. The molecule has 0 bridgehead atoms. The number of rotatable bonds is 6. The van der Waals surface area contributed by atoms with Crippen LogP contribution in [0.3, 0.4) is 0 Å². The second-order valence-corrected chi connectivity index (χ2v) is 6.93. The average molecular weight is 280 g/mol. The molecule has 20 heavy (non-hydrogen) atoms. The van der Waals surface area contributed by atoms with Crippen LogP contribution in [-0.2, 0) is 9.53 Å². The molecule has 0 aromatic rings. The first-order valence-corrected chi connectivity index (χ1v) is 8.95. The fourth-order valence-electron chi connectivity index (χ4n) is 4.07. The smallest absolute Gasteiger partial charge is 0.309 e. The van der Waals surface area contributed by atoms with E-state index in [9.17, 15) is 4.79 Å². The zero-order valence-corrected chi connectivity index (χ0v) is 13.4. The average Bonchev–Trinajstić information content (AvgIpc) is 2.48. The molecule has 0 aromatic heterocycles. The summed E-state index contributed by atoms with van der Waals surface area (Å²) in [6.45, 7) is 4.38. The predicted molar refractivity (Wildman–Crippen MR) is 82.5 cm³/mol. The molecule has 0 N–H and O–H groups in total. The Kier molecular flexibility index (Phi) is 6.38. The summed E-state index contributed by atoms with van der Waals surface area (Å²) in [7, 11) is 0. The summed E-state index contributed by atoms with van der Waals surface area (Å²) in [6.07, 6.45) is 14.0. The summed E-state index contributed by atoms with van der Waals surface area (Å²) in [6, 6.07) is 0. The van der Waals surface area contributed by atoms with Crippen LogP contribution in [0.25, 0.3) is 0 Å². The number of ether oxygens (including phenoxy) is 1. The van der Waals surface area contributed by atoms with E-state index in [1.807, 2.05) is 0 Å². The van der Waals surface area contributed by atoms with Gasteiger partial charge in [0.25, 0.3) is 0 Å². The molecule has 1 aliphatic carbocycles. The first kappa shape index (κ1) is 15.9. The Bertz CT molecular complexity index is 292. The third-order valence-corrected chi connectivity index (χ3v) is 5.52. The van der Waals surface area contributed by atoms with Crippen LogP contribution in [-0.4, -0.2) is 12.1 Å². The molecule has 2 rings (SSSR count). The Morgan fingerprint density at radius 2 is 1.75 bits per heavy atom. The van der Waals surface area contributed by atoms with Crippen molar-refractivity contribution < 1.29 is 9.53 Å². The standard InChI is InChI=1S/C18H32O2/c1-3-5-6-7-14-8-10-15(11-9-14)17-13-12-16(4-2)20-18(17)19/h14-17H,3-13H2,1-2H3. The van der Waals surface area contributed by atoms with Crippen molar-refractivity contribution in [3.8, 4) is 0 Å². The lowest BCUT2D eigenvalue weighted by Crippen LogP contribution is -2.36. The van der Waals surface area contributed by atoms with E-state index in [4.69, 9.17) is 4.74 Å². The van der Waals surface area contributed by atoms with Gasteiger partial charge in [0.2, 0.25) is 0 Å². The van der Waals surface area contributed by atoms with Gasteiger partial charge in [0.15, 0.2) is 0 Å². The van der Waals surface area contributed by atoms with Crippen molar-refractivity contribution in [3.63, 3.8) is 0 Å². The lowest BCUT2D eigenvalue weighted by molar-refractivity contribution is -0.163. The molecule has 1 heterocycles. The summed E-state index contributed by atoms with van der Waals surface area (Å²) < 4.78 is 5.57. The summed E-state index contributed by atoms with van der Waals surface area (Å²) >= 11 is 0. The SMILES string of the molecule is CCCCCC1CCC(C2CCC(CC)OC2=O)CC1. The Morgan fingerprint density at radius 3 is 2.35 bits per heavy atom. The predicted octanol–water partition coefficient (Wildman–Crippen LogP) is 5.10. The minimum atomic E-state index is 0.109. The van der Waals surface area contributed by atoms with Gasteiger partial charge in [-0.2, -0.15) is 0 Å². The summed E-state index contributed by atoms with van der Waals surface area (Å²) in [5.74, 6) is 1.87. The van der Waals surface area contributed by atoms with Crippen molar-refractivity contribution in [1.29, 1.82) is 0 Å². The van der Waals surface area contributed by atoms with Crippen LogP contribution in [0.2, 0.25) is 0 Å². The number of unbranched alkanes of at least 4 members (excludes halogenated alkanes) is 2. The van der Waals surface area contributed by atoms with E-state index in [0.29, 0.717) is 5.92 Å². The lowest BCUT2D eigenvalue weighted by Gasteiger charge is -2.36. The van der Waals surface area contributed by atoms with Crippen molar-refractivity contribution in [2.24, 2.45) is 17.8 Å². The molecule has 0 radical (unpaired) electrons. The molecule has 0 spiro atoms. The maximum atomic E-state index is 12.1. The van der Waals surface area contributed by atoms with E-state index >= 15 is 0 Å². The third-order valence-electron chi connectivity index (χ3n) is 5.52. The van der Waals surface area contributed by atoms with Crippen LogP contribution in [0.5, 0.6) is 0 Å². The van der Waals surface area contributed by atoms with Gasteiger partial charge < -0.3 is 4.74 Å². The summed E-state index contributed by atoms with van der Waals surface area (Å²) in [5, 5.41) is 0. The molecule has 1 saturated carbocycles. The van der Waals surface area contributed by atoms with Crippen molar-refractivity contribution in [3.05, 3.63) is 0 Å².